The molecule has 14 heavy (non-hydrogen) atoms. The first-order chi connectivity index (χ1) is 6.41. The fraction of sp³-hybridized carbons (Fsp3) is 0.692. The highest BCUT2D eigenvalue weighted by molar-refractivity contribution is 5.35. The molecule has 0 atom stereocenters. The summed E-state index contributed by atoms with van der Waals surface area (Å²) in [5.74, 6) is 0.941. The molecule has 0 heterocycles. The topological polar surface area (TPSA) is 0 Å². The van der Waals surface area contributed by atoms with E-state index in [1.165, 1.54) is 11.1 Å². The first kappa shape index (κ1) is 13.4. The molecular formula is C13H23F. The molecule has 0 aromatic heterocycles. The highest BCUT2D eigenvalue weighted by Crippen LogP contribution is 2.25. The summed E-state index contributed by atoms with van der Waals surface area (Å²) in [6.45, 7) is 12.4. The fourth-order valence-corrected chi connectivity index (χ4v) is 1.57. The average Bonchev–Trinajstić information content (AvgIpc) is 2.11. The van der Waals surface area contributed by atoms with E-state index in [-0.39, 0.29) is 6.67 Å². The van der Waals surface area contributed by atoms with Crippen molar-refractivity contribution in [3.8, 4) is 0 Å². The summed E-state index contributed by atoms with van der Waals surface area (Å²) >= 11 is 0. The van der Waals surface area contributed by atoms with Crippen LogP contribution in [0.25, 0.3) is 0 Å². The van der Waals surface area contributed by atoms with E-state index in [2.05, 4.69) is 41.5 Å². The number of hydrogen-bond acceptors (Lipinski definition) is 0. The number of alkyl halides is 1. The average molecular weight is 198 g/mol. The molecule has 0 N–H and O–H groups in total. The zero-order chi connectivity index (χ0) is 11.3. The maximum atomic E-state index is 12.3. The second-order valence-electron chi connectivity index (χ2n) is 4.43. The Kier molecular flexibility index (Phi) is 5.75. The van der Waals surface area contributed by atoms with Crippen molar-refractivity contribution in [1.29, 1.82) is 0 Å². The van der Waals surface area contributed by atoms with Crippen LogP contribution in [0.1, 0.15) is 41.5 Å². The van der Waals surface area contributed by atoms with Gasteiger partial charge in [0, 0.05) is 0 Å². The Balaban J connectivity index is 5.04. The van der Waals surface area contributed by atoms with Crippen LogP contribution in [0.3, 0.4) is 0 Å². The molecule has 0 aromatic carbocycles. The number of halogens is 1. The molecule has 0 fully saturated rings. The van der Waals surface area contributed by atoms with Crippen molar-refractivity contribution < 1.29 is 4.39 Å². The van der Waals surface area contributed by atoms with Crippen LogP contribution in [0.2, 0.25) is 0 Å². The third-order valence-electron chi connectivity index (χ3n) is 2.81. The number of hydrogen-bond donors (Lipinski definition) is 0. The third-order valence-corrected chi connectivity index (χ3v) is 2.81. The van der Waals surface area contributed by atoms with E-state index < -0.39 is 0 Å². The van der Waals surface area contributed by atoms with E-state index in [0.29, 0.717) is 11.8 Å². The van der Waals surface area contributed by atoms with E-state index in [4.69, 9.17) is 0 Å². The second kappa shape index (κ2) is 6.00. The molecule has 0 aliphatic carbocycles. The molecule has 0 rings (SSSR count). The Hall–Kier alpha value is -0.590. The monoisotopic (exact) mass is 198 g/mol. The van der Waals surface area contributed by atoms with E-state index >= 15 is 0 Å². The van der Waals surface area contributed by atoms with Crippen LogP contribution < -0.4 is 0 Å². The van der Waals surface area contributed by atoms with Crippen molar-refractivity contribution in [2.45, 2.75) is 41.5 Å². The van der Waals surface area contributed by atoms with Gasteiger partial charge in [-0.2, -0.15) is 0 Å². The molecule has 0 nitrogen and oxygen atoms in total. The summed E-state index contributed by atoms with van der Waals surface area (Å²) in [7, 11) is 0. The van der Waals surface area contributed by atoms with E-state index in [1.54, 1.807) is 6.08 Å². The van der Waals surface area contributed by atoms with Crippen molar-refractivity contribution >= 4 is 0 Å². The minimum Gasteiger partial charge on any atom is -0.247 e. The van der Waals surface area contributed by atoms with Gasteiger partial charge in [-0.3, -0.25) is 0 Å². The van der Waals surface area contributed by atoms with E-state index in [1.807, 2.05) is 0 Å². The van der Waals surface area contributed by atoms with Gasteiger partial charge >= 0.3 is 0 Å². The van der Waals surface area contributed by atoms with Gasteiger partial charge in [0.05, 0.1) is 0 Å². The van der Waals surface area contributed by atoms with Crippen LogP contribution in [0, 0.1) is 11.8 Å². The van der Waals surface area contributed by atoms with Crippen LogP contribution in [0.5, 0.6) is 0 Å². The van der Waals surface area contributed by atoms with Gasteiger partial charge < -0.3 is 0 Å². The van der Waals surface area contributed by atoms with Crippen LogP contribution in [0.15, 0.2) is 22.8 Å². The summed E-state index contributed by atoms with van der Waals surface area (Å²) in [6.07, 6.45) is 1.70. The van der Waals surface area contributed by atoms with Gasteiger partial charge in [0.25, 0.3) is 0 Å². The highest BCUT2D eigenvalue weighted by atomic mass is 19.1. The van der Waals surface area contributed by atoms with Gasteiger partial charge in [0.2, 0.25) is 0 Å². The minimum atomic E-state index is -0.365. The number of rotatable bonds is 4. The Bertz CT molecular complexity index is 232. The maximum Gasteiger partial charge on any atom is 0.108 e. The van der Waals surface area contributed by atoms with Crippen molar-refractivity contribution in [3.05, 3.63) is 22.8 Å². The van der Waals surface area contributed by atoms with Crippen molar-refractivity contribution in [3.63, 3.8) is 0 Å². The van der Waals surface area contributed by atoms with Gasteiger partial charge in [0.1, 0.15) is 6.67 Å². The normalized spacial score (nSPS) is 15.1. The van der Waals surface area contributed by atoms with Gasteiger partial charge in [-0.05, 0) is 36.8 Å². The summed E-state index contributed by atoms with van der Waals surface area (Å²) < 4.78 is 12.3. The summed E-state index contributed by atoms with van der Waals surface area (Å²) in [5, 5.41) is 0. The molecule has 0 spiro atoms. The number of allylic oxidation sites excluding steroid dienone is 4. The predicted molar refractivity (Wildman–Crippen MR) is 62.1 cm³/mol. The van der Waals surface area contributed by atoms with Crippen molar-refractivity contribution in [2.24, 2.45) is 11.8 Å². The van der Waals surface area contributed by atoms with Crippen molar-refractivity contribution in [1.82, 2.24) is 0 Å². The molecule has 0 unspecified atom stereocenters. The molecule has 1 heteroatoms. The molecule has 0 aliphatic heterocycles. The van der Waals surface area contributed by atoms with Crippen LogP contribution >= 0.6 is 0 Å². The highest BCUT2D eigenvalue weighted by Gasteiger charge is 2.09. The SMILES string of the molecule is CC(/C(=C\CF)C(C)C)=C(/C)C(C)C. The zero-order valence-corrected chi connectivity index (χ0v) is 10.3. The smallest absolute Gasteiger partial charge is 0.108 e. The van der Waals surface area contributed by atoms with Crippen LogP contribution in [0.4, 0.5) is 4.39 Å². The fourth-order valence-electron chi connectivity index (χ4n) is 1.57. The Morgan fingerprint density at radius 3 is 1.86 bits per heavy atom. The molecular weight excluding hydrogens is 175 g/mol. The third kappa shape index (κ3) is 3.65. The molecule has 0 aromatic rings. The molecule has 0 saturated carbocycles. The molecule has 0 radical (unpaired) electrons. The molecule has 0 aliphatic rings. The maximum absolute atomic E-state index is 12.3. The quantitative estimate of drug-likeness (QED) is 0.582. The Labute approximate surface area is 87.9 Å². The van der Waals surface area contributed by atoms with Crippen molar-refractivity contribution in [2.75, 3.05) is 6.67 Å². The summed E-state index contributed by atoms with van der Waals surface area (Å²) in [5.41, 5.74) is 3.77. The standard InChI is InChI=1S/C13H23F/c1-9(2)11(5)12(6)13(7-8-14)10(3)4/h7,9-10H,8H2,1-6H3/b12-11+,13-7-. The van der Waals surface area contributed by atoms with Gasteiger partial charge in [-0.1, -0.05) is 39.3 Å². The lowest BCUT2D eigenvalue weighted by Gasteiger charge is -2.17. The molecule has 82 valence electrons. The summed E-state index contributed by atoms with van der Waals surface area (Å²) in [6, 6.07) is 0. The van der Waals surface area contributed by atoms with Gasteiger partial charge in [-0.15, -0.1) is 0 Å². The molecule has 0 bridgehead atoms. The minimum absolute atomic E-state index is 0.365. The van der Waals surface area contributed by atoms with Gasteiger partial charge in [0.15, 0.2) is 0 Å². The second-order valence-corrected chi connectivity index (χ2v) is 4.43. The lowest BCUT2D eigenvalue weighted by Crippen LogP contribution is -2.02. The first-order valence-electron chi connectivity index (χ1n) is 5.35. The Morgan fingerprint density at radius 2 is 1.57 bits per heavy atom. The van der Waals surface area contributed by atoms with Crippen LogP contribution in [-0.2, 0) is 0 Å². The zero-order valence-electron chi connectivity index (χ0n) is 10.3. The first-order valence-corrected chi connectivity index (χ1v) is 5.35. The Morgan fingerprint density at radius 1 is 1.07 bits per heavy atom. The summed E-state index contributed by atoms with van der Waals surface area (Å²) in [4.78, 5) is 0. The largest absolute Gasteiger partial charge is 0.247 e. The van der Waals surface area contributed by atoms with E-state index in [9.17, 15) is 4.39 Å². The molecule has 0 amide bonds. The lowest BCUT2D eigenvalue weighted by atomic mass is 9.89. The van der Waals surface area contributed by atoms with E-state index in [0.717, 1.165) is 5.57 Å². The lowest BCUT2D eigenvalue weighted by molar-refractivity contribution is 0.555. The molecule has 0 saturated heterocycles. The van der Waals surface area contributed by atoms with Gasteiger partial charge in [-0.25, -0.2) is 4.39 Å². The predicted octanol–water partition coefficient (Wildman–Crippen LogP) is 4.53. The van der Waals surface area contributed by atoms with Crippen LogP contribution in [-0.4, -0.2) is 6.67 Å².